The summed E-state index contributed by atoms with van der Waals surface area (Å²) in [6.45, 7) is 0. The number of H-pyrrole nitrogens is 1. The summed E-state index contributed by atoms with van der Waals surface area (Å²) in [5, 5.41) is 4.04. The van der Waals surface area contributed by atoms with Crippen molar-refractivity contribution in [2.24, 2.45) is 0 Å². The van der Waals surface area contributed by atoms with E-state index >= 15 is 0 Å². The monoisotopic (exact) mass is 201 g/mol. The van der Waals surface area contributed by atoms with E-state index in [0.717, 1.165) is 21.5 Å². The molecule has 0 radical (unpaired) electrons. The minimum atomic E-state index is 0.960. The van der Waals surface area contributed by atoms with E-state index in [2.05, 4.69) is 26.7 Å². The van der Waals surface area contributed by atoms with E-state index < -0.39 is 0 Å². The topological polar surface area (TPSA) is 41.6 Å². The molecule has 2 aromatic heterocycles. The molecule has 0 saturated heterocycles. The fourth-order valence-electron chi connectivity index (χ4n) is 1.46. The molecule has 0 bridgehead atoms. The van der Waals surface area contributed by atoms with Gasteiger partial charge in [0.05, 0.1) is 4.70 Å². The molecule has 3 aromatic rings. The second-order valence-electron chi connectivity index (χ2n) is 3.04. The third-order valence-electron chi connectivity index (χ3n) is 2.16. The van der Waals surface area contributed by atoms with E-state index in [1.54, 1.807) is 0 Å². The molecule has 0 fully saturated rings. The van der Waals surface area contributed by atoms with Gasteiger partial charge in [0.15, 0.2) is 0 Å². The zero-order valence-electron chi connectivity index (χ0n) is 7.27. The zero-order valence-corrected chi connectivity index (χ0v) is 8.08. The van der Waals surface area contributed by atoms with Crippen molar-refractivity contribution in [3.05, 3.63) is 36.5 Å². The number of nitrogens with one attached hydrogen (secondary N) is 1. The number of hydrogen-bond donors (Lipinski definition) is 1. The summed E-state index contributed by atoms with van der Waals surface area (Å²) in [5.74, 6) is 0. The van der Waals surface area contributed by atoms with Crippen LogP contribution in [0.15, 0.2) is 36.5 Å². The summed E-state index contributed by atoms with van der Waals surface area (Å²) in [4.78, 5) is 3.17. The Kier molecular flexibility index (Phi) is 1.61. The Hall–Kier alpha value is -1.68. The highest BCUT2D eigenvalue weighted by Gasteiger charge is 2.01. The summed E-state index contributed by atoms with van der Waals surface area (Å²) in [6, 6.07) is 10.2. The van der Waals surface area contributed by atoms with Crippen molar-refractivity contribution in [3.8, 4) is 11.3 Å². The quantitative estimate of drug-likeness (QED) is 0.657. The molecule has 4 heteroatoms. The number of aromatic amines is 1. The Bertz CT molecular complexity index is 554. The predicted octanol–water partition coefficient (Wildman–Crippen LogP) is 2.69. The van der Waals surface area contributed by atoms with Gasteiger partial charge in [-0.15, -0.1) is 5.10 Å². The molecule has 0 atom stereocenters. The average molecular weight is 201 g/mol. The van der Waals surface area contributed by atoms with Crippen LogP contribution in [0.2, 0.25) is 0 Å². The van der Waals surface area contributed by atoms with Gasteiger partial charge in [0, 0.05) is 17.5 Å². The predicted molar refractivity (Wildman–Crippen MR) is 57.2 cm³/mol. The number of aromatic nitrogens is 3. The molecule has 0 amide bonds. The van der Waals surface area contributed by atoms with Gasteiger partial charge in [0.2, 0.25) is 0 Å². The lowest BCUT2D eigenvalue weighted by atomic mass is 10.1. The highest BCUT2D eigenvalue weighted by molar-refractivity contribution is 7.12. The lowest BCUT2D eigenvalue weighted by Gasteiger charge is -1.96. The molecule has 1 N–H and O–H groups in total. The molecule has 0 saturated carbocycles. The van der Waals surface area contributed by atoms with Gasteiger partial charge < -0.3 is 4.98 Å². The molecule has 14 heavy (non-hydrogen) atoms. The van der Waals surface area contributed by atoms with Crippen LogP contribution in [0, 0.1) is 0 Å². The van der Waals surface area contributed by atoms with Gasteiger partial charge in [-0.25, -0.2) is 0 Å². The maximum Gasteiger partial charge on any atom is 0.106 e. The van der Waals surface area contributed by atoms with Gasteiger partial charge >= 0.3 is 0 Å². The van der Waals surface area contributed by atoms with Crippen molar-refractivity contribution < 1.29 is 0 Å². The van der Waals surface area contributed by atoms with Gasteiger partial charge in [-0.3, -0.25) is 0 Å². The van der Waals surface area contributed by atoms with Crippen molar-refractivity contribution >= 4 is 21.7 Å². The molecule has 0 aliphatic carbocycles. The number of benzene rings is 1. The largest absolute Gasteiger partial charge is 0.361 e. The Morgan fingerprint density at radius 3 is 3.07 bits per heavy atom. The summed E-state index contributed by atoms with van der Waals surface area (Å²) in [5.41, 5.74) is 3.22. The van der Waals surface area contributed by atoms with Gasteiger partial charge in [-0.1, -0.05) is 10.6 Å². The molecule has 0 aliphatic heterocycles. The average Bonchev–Trinajstić information content (AvgIpc) is 2.88. The Morgan fingerprint density at radius 2 is 2.21 bits per heavy atom. The van der Waals surface area contributed by atoms with Crippen LogP contribution in [0.25, 0.3) is 21.5 Å². The van der Waals surface area contributed by atoms with Crippen LogP contribution < -0.4 is 0 Å². The minimum absolute atomic E-state index is 0.960. The maximum absolute atomic E-state index is 4.04. The fraction of sp³-hybridized carbons (Fsp3) is 0. The smallest absolute Gasteiger partial charge is 0.106 e. The molecular weight excluding hydrogens is 194 g/mol. The first-order valence-electron chi connectivity index (χ1n) is 4.29. The number of fused-ring (bicyclic) bond motifs is 1. The van der Waals surface area contributed by atoms with Gasteiger partial charge in [0.1, 0.15) is 5.52 Å². The SMILES string of the molecule is c1c[nH]c(-c2ccc3snnc3c2)c1. The van der Waals surface area contributed by atoms with Crippen LogP contribution >= 0.6 is 11.5 Å². The standard InChI is InChI=1S/C10H7N3S/c1-2-8(11-5-1)7-3-4-10-9(6-7)12-13-14-10/h1-6,11H. The molecule has 3 rings (SSSR count). The van der Waals surface area contributed by atoms with E-state index in [9.17, 15) is 0 Å². The van der Waals surface area contributed by atoms with Crippen molar-refractivity contribution in [1.29, 1.82) is 0 Å². The second-order valence-corrected chi connectivity index (χ2v) is 3.82. The van der Waals surface area contributed by atoms with Crippen molar-refractivity contribution in [2.75, 3.05) is 0 Å². The Morgan fingerprint density at radius 1 is 1.21 bits per heavy atom. The Balaban J connectivity index is 2.23. The third-order valence-corrected chi connectivity index (χ3v) is 2.86. The molecule has 68 valence electrons. The second kappa shape index (κ2) is 2.92. The lowest BCUT2D eigenvalue weighted by molar-refractivity contribution is 1.20. The maximum atomic E-state index is 4.04. The molecule has 1 aromatic carbocycles. The van der Waals surface area contributed by atoms with Crippen LogP contribution in [0.4, 0.5) is 0 Å². The first-order valence-corrected chi connectivity index (χ1v) is 5.07. The molecular formula is C10H7N3S. The molecule has 0 unspecified atom stereocenters. The minimum Gasteiger partial charge on any atom is -0.361 e. The van der Waals surface area contributed by atoms with Crippen molar-refractivity contribution in [2.45, 2.75) is 0 Å². The highest BCUT2D eigenvalue weighted by Crippen LogP contribution is 2.23. The third kappa shape index (κ3) is 1.12. The van der Waals surface area contributed by atoms with E-state index in [0.29, 0.717) is 0 Å². The van der Waals surface area contributed by atoms with Crippen LogP contribution in [0.3, 0.4) is 0 Å². The molecule has 0 aliphatic rings. The van der Waals surface area contributed by atoms with E-state index in [4.69, 9.17) is 0 Å². The Labute approximate surface area is 84.6 Å². The van der Waals surface area contributed by atoms with Gasteiger partial charge in [-0.2, -0.15) is 0 Å². The van der Waals surface area contributed by atoms with Crippen molar-refractivity contribution in [3.63, 3.8) is 0 Å². The van der Waals surface area contributed by atoms with Crippen LogP contribution in [-0.4, -0.2) is 14.6 Å². The number of hydrogen-bond acceptors (Lipinski definition) is 3. The molecule has 3 nitrogen and oxygen atoms in total. The summed E-state index contributed by atoms with van der Waals surface area (Å²) >= 11 is 1.42. The van der Waals surface area contributed by atoms with Crippen LogP contribution in [0.1, 0.15) is 0 Å². The summed E-state index contributed by atoms with van der Waals surface area (Å²) in [6.07, 6.45) is 1.92. The van der Waals surface area contributed by atoms with Gasteiger partial charge in [-0.05, 0) is 35.8 Å². The summed E-state index contributed by atoms with van der Waals surface area (Å²) < 4.78 is 5.03. The molecule has 2 heterocycles. The van der Waals surface area contributed by atoms with Crippen LogP contribution in [0.5, 0.6) is 0 Å². The zero-order chi connectivity index (χ0) is 9.38. The fourth-order valence-corrected chi connectivity index (χ4v) is 2.00. The highest BCUT2D eigenvalue weighted by atomic mass is 32.1. The van der Waals surface area contributed by atoms with E-state index in [-0.39, 0.29) is 0 Å². The van der Waals surface area contributed by atoms with Crippen molar-refractivity contribution in [1.82, 2.24) is 14.6 Å². The normalized spacial score (nSPS) is 10.9. The van der Waals surface area contributed by atoms with Gasteiger partial charge in [0.25, 0.3) is 0 Å². The van der Waals surface area contributed by atoms with E-state index in [1.165, 1.54) is 11.5 Å². The first-order chi connectivity index (χ1) is 6.93. The number of nitrogens with zero attached hydrogens (tertiary/aromatic N) is 2. The van der Waals surface area contributed by atoms with E-state index in [1.807, 2.05) is 24.4 Å². The first kappa shape index (κ1) is 7.70. The summed E-state index contributed by atoms with van der Waals surface area (Å²) in [7, 11) is 0. The number of rotatable bonds is 1. The molecule has 0 spiro atoms. The lowest BCUT2D eigenvalue weighted by Crippen LogP contribution is -1.76. The van der Waals surface area contributed by atoms with Crippen LogP contribution in [-0.2, 0) is 0 Å².